The van der Waals surface area contributed by atoms with Crippen LogP contribution in [0.15, 0.2) is 47.2 Å². The van der Waals surface area contributed by atoms with E-state index in [0.29, 0.717) is 0 Å². The van der Waals surface area contributed by atoms with Crippen LogP contribution < -0.4 is 5.43 Å². The van der Waals surface area contributed by atoms with Gasteiger partial charge in [0, 0.05) is 18.8 Å². The summed E-state index contributed by atoms with van der Waals surface area (Å²) in [7, 11) is 0. The highest BCUT2D eigenvalue weighted by atomic mass is 127. The van der Waals surface area contributed by atoms with E-state index in [1.165, 1.54) is 5.70 Å². The van der Waals surface area contributed by atoms with Gasteiger partial charge in [-0.2, -0.15) is 5.10 Å². The second-order valence-corrected chi connectivity index (χ2v) is 6.83. The van der Waals surface area contributed by atoms with Crippen LogP contribution in [0.1, 0.15) is 26.7 Å². The highest BCUT2D eigenvalue weighted by Crippen LogP contribution is 2.35. The Kier molecular flexibility index (Phi) is 6.47. The van der Waals surface area contributed by atoms with Crippen molar-refractivity contribution < 1.29 is 4.74 Å². The summed E-state index contributed by atoms with van der Waals surface area (Å²) in [6, 6.07) is 10.1. The number of nitrogens with one attached hydrogen (secondary N) is 1. The van der Waals surface area contributed by atoms with Gasteiger partial charge in [0.15, 0.2) is 0 Å². The maximum Gasteiger partial charge on any atom is 0.0642 e. The molecule has 1 fully saturated rings. The van der Waals surface area contributed by atoms with E-state index in [0.717, 1.165) is 50.5 Å². The predicted molar refractivity (Wildman–Crippen MR) is 106 cm³/mol. The number of hydrogen-bond acceptors (Lipinski definition) is 4. The van der Waals surface area contributed by atoms with Crippen molar-refractivity contribution in [2.75, 3.05) is 31.7 Å². The molecule has 126 valence electrons. The molecule has 0 unspecified atom stereocenters. The van der Waals surface area contributed by atoms with Gasteiger partial charge in [-0.15, -0.1) is 24.0 Å². The van der Waals surface area contributed by atoms with Crippen molar-refractivity contribution in [3.63, 3.8) is 0 Å². The number of nitrogens with zero attached hydrogens (tertiary/aromatic N) is 2. The van der Waals surface area contributed by atoms with Gasteiger partial charge in [0.1, 0.15) is 0 Å². The summed E-state index contributed by atoms with van der Waals surface area (Å²) in [6.45, 7) is 8.26. The summed E-state index contributed by atoms with van der Waals surface area (Å²) < 4.78 is 5.46. The van der Waals surface area contributed by atoms with Crippen molar-refractivity contribution in [2.45, 2.75) is 26.7 Å². The number of allylic oxidation sites excluding steroid dienone is 2. The molecule has 0 saturated carbocycles. The summed E-state index contributed by atoms with van der Waals surface area (Å²) >= 11 is 0. The van der Waals surface area contributed by atoms with E-state index in [1.807, 2.05) is 30.3 Å². The van der Waals surface area contributed by atoms with E-state index in [-0.39, 0.29) is 29.4 Å². The molecule has 1 aliphatic heterocycles. The molecule has 1 aromatic rings. The lowest BCUT2D eigenvalue weighted by Crippen LogP contribution is -2.39. The van der Waals surface area contributed by atoms with Crippen molar-refractivity contribution in [2.24, 2.45) is 10.5 Å². The van der Waals surface area contributed by atoms with Gasteiger partial charge in [-0.3, -0.25) is 5.43 Å². The number of halogens is 1. The van der Waals surface area contributed by atoms with Gasteiger partial charge >= 0.3 is 0 Å². The topological polar surface area (TPSA) is 36.9 Å². The number of morpholine rings is 1. The highest BCUT2D eigenvalue weighted by molar-refractivity contribution is 14.0. The molecule has 1 saturated heterocycles. The van der Waals surface area contributed by atoms with Crippen molar-refractivity contribution in [1.82, 2.24) is 4.90 Å². The lowest BCUT2D eigenvalue weighted by molar-refractivity contribution is 0.0491. The van der Waals surface area contributed by atoms with Crippen LogP contribution in [0.4, 0.5) is 5.69 Å². The second kappa shape index (κ2) is 8.15. The Morgan fingerprint density at radius 1 is 1.09 bits per heavy atom. The molecule has 1 aromatic carbocycles. The summed E-state index contributed by atoms with van der Waals surface area (Å²) in [5.41, 5.74) is 6.98. The first kappa shape index (κ1) is 18.3. The maximum atomic E-state index is 5.46. The third-order valence-corrected chi connectivity index (χ3v) is 4.17. The maximum absolute atomic E-state index is 5.46. The van der Waals surface area contributed by atoms with Crippen molar-refractivity contribution in [3.05, 3.63) is 42.1 Å². The first-order chi connectivity index (χ1) is 10.6. The summed E-state index contributed by atoms with van der Waals surface area (Å²) in [5.74, 6) is 0. The molecule has 0 spiro atoms. The summed E-state index contributed by atoms with van der Waals surface area (Å²) in [5, 5.41) is 4.63. The van der Waals surface area contributed by atoms with E-state index < -0.39 is 0 Å². The van der Waals surface area contributed by atoms with E-state index in [9.17, 15) is 0 Å². The molecule has 3 rings (SSSR count). The van der Waals surface area contributed by atoms with Crippen molar-refractivity contribution in [3.8, 4) is 0 Å². The molecule has 1 aliphatic carbocycles. The molecule has 5 heteroatoms. The van der Waals surface area contributed by atoms with E-state index >= 15 is 0 Å². The van der Waals surface area contributed by atoms with Crippen molar-refractivity contribution >= 4 is 35.4 Å². The van der Waals surface area contributed by atoms with E-state index in [1.54, 1.807) is 0 Å². The van der Waals surface area contributed by atoms with Gasteiger partial charge < -0.3 is 9.64 Å². The fraction of sp³-hybridized carbons (Fsp3) is 0.500. The molecule has 0 atom stereocenters. The lowest BCUT2D eigenvalue weighted by Gasteiger charge is -2.38. The van der Waals surface area contributed by atoms with Crippen LogP contribution in [-0.4, -0.2) is 36.9 Å². The quantitative estimate of drug-likeness (QED) is 0.583. The molecule has 2 aliphatic rings. The largest absolute Gasteiger partial charge is 0.378 e. The fourth-order valence-corrected chi connectivity index (χ4v) is 3.11. The van der Waals surface area contributed by atoms with Gasteiger partial charge in [-0.05, 0) is 36.5 Å². The summed E-state index contributed by atoms with van der Waals surface area (Å²) in [6.07, 6.45) is 4.37. The number of para-hydroxylation sites is 1. The monoisotopic (exact) mass is 427 g/mol. The minimum absolute atomic E-state index is 0. The third kappa shape index (κ3) is 5.21. The first-order valence-electron chi connectivity index (χ1n) is 8.03. The Balaban J connectivity index is 0.00000192. The van der Waals surface area contributed by atoms with Crippen LogP contribution in [0.25, 0.3) is 0 Å². The Morgan fingerprint density at radius 2 is 1.78 bits per heavy atom. The Hall–Kier alpha value is -1.08. The SMILES string of the molecule is CC1(C)CC(N2CCOCC2)=C/C(=N/Nc2ccccc2)C1.I. The molecule has 1 N–H and O–H groups in total. The molecule has 0 aromatic heterocycles. The Morgan fingerprint density at radius 3 is 2.48 bits per heavy atom. The van der Waals surface area contributed by atoms with Crippen LogP contribution in [0.3, 0.4) is 0 Å². The molecule has 23 heavy (non-hydrogen) atoms. The van der Waals surface area contributed by atoms with Crippen LogP contribution in [-0.2, 0) is 4.74 Å². The molecule has 0 amide bonds. The van der Waals surface area contributed by atoms with Gasteiger partial charge in [-0.25, -0.2) is 0 Å². The molecular formula is C18H26IN3O. The average molecular weight is 427 g/mol. The van der Waals surface area contributed by atoms with E-state index in [2.05, 4.69) is 35.4 Å². The lowest BCUT2D eigenvalue weighted by atomic mass is 9.78. The van der Waals surface area contributed by atoms with Crippen LogP contribution in [0.5, 0.6) is 0 Å². The summed E-state index contributed by atoms with van der Waals surface area (Å²) in [4.78, 5) is 2.45. The zero-order valence-corrected chi connectivity index (χ0v) is 16.2. The van der Waals surface area contributed by atoms with Gasteiger partial charge in [0.2, 0.25) is 0 Å². The highest BCUT2D eigenvalue weighted by Gasteiger charge is 2.29. The van der Waals surface area contributed by atoms with Crippen LogP contribution in [0, 0.1) is 5.41 Å². The minimum atomic E-state index is 0. The standard InChI is InChI=1S/C18H25N3O.HI/c1-18(2)13-16(20-19-15-6-4-3-5-7-15)12-17(14-18)21-8-10-22-11-9-21;/h3-7,12,19H,8-11,13-14H2,1-2H3;1H/b20-16-;. The predicted octanol–water partition coefficient (Wildman–Crippen LogP) is 4.11. The molecular weight excluding hydrogens is 401 g/mol. The third-order valence-electron chi connectivity index (χ3n) is 4.17. The minimum Gasteiger partial charge on any atom is -0.378 e. The normalized spacial score (nSPS) is 22.3. The van der Waals surface area contributed by atoms with Gasteiger partial charge in [0.25, 0.3) is 0 Å². The zero-order chi connectivity index (χ0) is 15.4. The van der Waals surface area contributed by atoms with Gasteiger partial charge in [0.05, 0.1) is 24.6 Å². The van der Waals surface area contributed by atoms with Gasteiger partial charge in [-0.1, -0.05) is 32.0 Å². The molecule has 0 bridgehead atoms. The van der Waals surface area contributed by atoms with Crippen LogP contribution >= 0.6 is 24.0 Å². The van der Waals surface area contributed by atoms with E-state index in [4.69, 9.17) is 4.74 Å². The number of ether oxygens (including phenoxy) is 1. The molecule has 4 nitrogen and oxygen atoms in total. The van der Waals surface area contributed by atoms with Crippen molar-refractivity contribution in [1.29, 1.82) is 0 Å². The molecule has 0 radical (unpaired) electrons. The average Bonchev–Trinajstić information content (AvgIpc) is 2.53. The number of benzene rings is 1. The number of hydrazone groups is 1. The number of rotatable bonds is 3. The zero-order valence-electron chi connectivity index (χ0n) is 13.9. The second-order valence-electron chi connectivity index (χ2n) is 6.83. The fourth-order valence-electron chi connectivity index (χ4n) is 3.11. The first-order valence-corrected chi connectivity index (χ1v) is 8.03. The Bertz CT molecular complexity index is 563. The molecule has 1 heterocycles. The smallest absolute Gasteiger partial charge is 0.0642 e. The van der Waals surface area contributed by atoms with Crippen LogP contribution in [0.2, 0.25) is 0 Å². The number of hydrogen-bond donors (Lipinski definition) is 1. The number of anilines is 1. The Labute approximate surface area is 156 Å².